The molecule has 0 saturated carbocycles. The lowest BCUT2D eigenvalue weighted by Crippen LogP contribution is -2.05. The van der Waals surface area contributed by atoms with Gasteiger partial charge >= 0.3 is 0 Å². The van der Waals surface area contributed by atoms with Gasteiger partial charge in [-0.15, -0.1) is 0 Å². The van der Waals surface area contributed by atoms with Gasteiger partial charge in [0.1, 0.15) is 6.10 Å². The molecule has 0 spiro atoms. The molecule has 0 radical (unpaired) electrons. The third kappa shape index (κ3) is 2.55. The highest BCUT2D eigenvalue weighted by Crippen LogP contribution is 2.27. The van der Waals surface area contributed by atoms with E-state index in [-0.39, 0.29) is 0 Å². The predicted octanol–water partition coefficient (Wildman–Crippen LogP) is 4.24. The minimum atomic E-state index is -0.686. The number of aromatic nitrogens is 1. The van der Waals surface area contributed by atoms with Gasteiger partial charge in [-0.05, 0) is 49.6 Å². The number of benzene rings is 2. The molecule has 2 aromatic carbocycles. The predicted molar refractivity (Wildman–Crippen MR) is 86.5 cm³/mol. The maximum Gasteiger partial charge on any atom is 0.121 e. The second-order valence-electron chi connectivity index (χ2n) is 5.64. The standard InChI is InChI=1S/C19H19NO/c1-12-8-9-16(13(2)10-12)19(21)18-11-14(3)15-6-4-5-7-17(15)20-18/h4-11,19,21H,1-3H3. The van der Waals surface area contributed by atoms with Gasteiger partial charge in [-0.3, -0.25) is 0 Å². The van der Waals surface area contributed by atoms with Crippen molar-refractivity contribution in [3.8, 4) is 0 Å². The molecule has 0 aliphatic heterocycles. The van der Waals surface area contributed by atoms with Crippen LogP contribution < -0.4 is 0 Å². The zero-order chi connectivity index (χ0) is 15.0. The molecule has 1 atom stereocenters. The molecular formula is C19H19NO. The summed E-state index contributed by atoms with van der Waals surface area (Å²) in [5, 5.41) is 11.8. The Kier molecular flexibility index (Phi) is 3.48. The first-order valence-electron chi connectivity index (χ1n) is 7.18. The van der Waals surface area contributed by atoms with Crippen molar-refractivity contribution in [3.05, 3.63) is 76.5 Å². The van der Waals surface area contributed by atoms with E-state index in [1.165, 1.54) is 5.56 Å². The molecule has 2 heteroatoms. The normalized spacial score (nSPS) is 12.6. The summed E-state index contributed by atoms with van der Waals surface area (Å²) >= 11 is 0. The summed E-state index contributed by atoms with van der Waals surface area (Å²) in [7, 11) is 0. The average molecular weight is 277 g/mol. The maximum atomic E-state index is 10.7. The molecule has 21 heavy (non-hydrogen) atoms. The van der Waals surface area contributed by atoms with E-state index < -0.39 is 6.10 Å². The van der Waals surface area contributed by atoms with Crippen LogP contribution in [0.4, 0.5) is 0 Å². The van der Waals surface area contributed by atoms with Gasteiger partial charge in [-0.1, -0.05) is 42.0 Å². The van der Waals surface area contributed by atoms with E-state index in [1.54, 1.807) is 0 Å². The van der Waals surface area contributed by atoms with Gasteiger partial charge < -0.3 is 5.11 Å². The fourth-order valence-corrected chi connectivity index (χ4v) is 2.81. The van der Waals surface area contributed by atoms with Crippen molar-refractivity contribution >= 4 is 10.9 Å². The summed E-state index contributed by atoms with van der Waals surface area (Å²) in [4.78, 5) is 4.63. The van der Waals surface area contributed by atoms with Crippen LogP contribution in [0.1, 0.15) is 34.1 Å². The highest BCUT2D eigenvalue weighted by Gasteiger charge is 2.15. The topological polar surface area (TPSA) is 33.1 Å². The molecule has 0 aliphatic carbocycles. The van der Waals surface area contributed by atoms with E-state index in [2.05, 4.69) is 31.0 Å². The Balaban J connectivity index is 2.11. The Morgan fingerprint density at radius 3 is 2.43 bits per heavy atom. The van der Waals surface area contributed by atoms with Crippen LogP contribution in [0.15, 0.2) is 48.5 Å². The van der Waals surface area contributed by atoms with Gasteiger partial charge in [-0.25, -0.2) is 4.98 Å². The fourth-order valence-electron chi connectivity index (χ4n) is 2.81. The number of fused-ring (bicyclic) bond motifs is 1. The zero-order valence-electron chi connectivity index (χ0n) is 12.6. The van der Waals surface area contributed by atoms with Crippen molar-refractivity contribution in [3.63, 3.8) is 0 Å². The summed E-state index contributed by atoms with van der Waals surface area (Å²) in [5.74, 6) is 0. The number of aliphatic hydroxyl groups excluding tert-OH is 1. The minimum absolute atomic E-state index is 0.686. The van der Waals surface area contributed by atoms with Crippen LogP contribution in [0.3, 0.4) is 0 Å². The molecule has 106 valence electrons. The Morgan fingerprint density at radius 1 is 0.905 bits per heavy atom. The smallest absolute Gasteiger partial charge is 0.121 e. The summed E-state index contributed by atoms with van der Waals surface area (Å²) in [6.45, 7) is 6.14. The van der Waals surface area contributed by atoms with E-state index >= 15 is 0 Å². The van der Waals surface area contributed by atoms with Gasteiger partial charge in [0.15, 0.2) is 0 Å². The van der Waals surface area contributed by atoms with Crippen molar-refractivity contribution in [2.75, 3.05) is 0 Å². The van der Waals surface area contributed by atoms with E-state index in [0.29, 0.717) is 5.69 Å². The van der Waals surface area contributed by atoms with Gasteiger partial charge in [0, 0.05) is 5.39 Å². The largest absolute Gasteiger partial charge is 0.382 e. The van der Waals surface area contributed by atoms with Gasteiger partial charge in [-0.2, -0.15) is 0 Å². The first kappa shape index (κ1) is 13.8. The lowest BCUT2D eigenvalue weighted by Gasteiger charge is -2.15. The highest BCUT2D eigenvalue weighted by molar-refractivity contribution is 5.82. The second kappa shape index (κ2) is 5.30. The third-order valence-electron chi connectivity index (χ3n) is 3.94. The van der Waals surface area contributed by atoms with E-state index in [1.807, 2.05) is 43.3 Å². The van der Waals surface area contributed by atoms with E-state index in [4.69, 9.17) is 0 Å². The number of aryl methyl sites for hydroxylation is 3. The molecule has 3 aromatic rings. The lowest BCUT2D eigenvalue weighted by atomic mass is 9.97. The van der Waals surface area contributed by atoms with Crippen LogP contribution in [0.5, 0.6) is 0 Å². The minimum Gasteiger partial charge on any atom is -0.382 e. The fraction of sp³-hybridized carbons (Fsp3) is 0.211. The number of pyridine rings is 1. The Bertz CT molecular complexity index is 808. The lowest BCUT2D eigenvalue weighted by molar-refractivity contribution is 0.215. The number of para-hydroxylation sites is 1. The molecule has 0 amide bonds. The number of hydrogen-bond donors (Lipinski definition) is 1. The van der Waals surface area contributed by atoms with Crippen molar-refractivity contribution in [2.45, 2.75) is 26.9 Å². The van der Waals surface area contributed by atoms with Crippen LogP contribution in [0.2, 0.25) is 0 Å². The Hall–Kier alpha value is -2.19. The Labute approximate surface area is 125 Å². The third-order valence-corrected chi connectivity index (χ3v) is 3.94. The number of aliphatic hydroxyl groups is 1. The number of nitrogens with zero attached hydrogens (tertiary/aromatic N) is 1. The molecule has 1 heterocycles. The second-order valence-corrected chi connectivity index (χ2v) is 5.64. The molecule has 3 rings (SSSR count). The monoisotopic (exact) mass is 277 g/mol. The SMILES string of the molecule is Cc1ccc(C(O)c2cc(C)c3ccccc3n2)c(C)c1. The van der Waals surface area contributed by atoms with Crippen LogP contribution in [-0.4, -0.2) is 10.1 Å². The number of rotatable bonds is 2. The van der Waals surface area contributed by atoms with Crippen LogP contribution in [-0.2, 0) is 0 Å². The molecule has 2 nitrogen and oxygen atoms in total. The van der Waals surface area contributed by atoms with Gasteiger partial charge in [0.2, 0.25) is 0 Å². The molecule has 1 N–H and O–H groups in total. The summed E-state index contributed by atoms with van der Waals surface area (Å²) < 4.78 is 0. The summed E-state index contributed by atoms with van der Waals surface area (Å²) in [5.41, 5.74) is 5.98. The van der Waals surface area contributed by atoms with Crippen molar-refractivity contribution in [2.24, 2.45) is 0 Å². The first-order valence-corrected chi connectivity index (χ1v) is 7.18. The first-order chi connectivity index (χ1) is 10.1. The van der Waals surface area contributed by atoms with Gasteiger partial charge in [0.25, 0.3) is 0 Å². The maximum absolute atomic E-state index is 10.7. The Morgan fingerprint density at radius 2 is 1.67 bits per heavy atom. The van der Waals surface area contributed by atoms with E-state index in [9.17, 15) is 5.11 Å². The zero-order valence-corrected chi connectivity index (χ0v) is 12.6. The van der Waals surface area contributed by atoms with Crippen molar-refractivity contribution < 1.29 is 5.11 Å². The quantitative estimate of drug-likeness (QED) is 0.760. The molecule has 1 unspecified atom stereocenters. The molecule has 0 bridgehead atoms. The van der Waals surface area contributed by atoms with Gasteiger partial charge in [0.05, 0.1) is 11.2 Å². The number of hydrogen-bond acceptors (Lipinski definition) is 2. The highest BCUT2D eigenvalue weighted by atomic mass is 16.3. The molecule has 0 fully saturated rings. The van der Waals surface area contributed by atoms with E-state index in [0.717, 1.165) is 27.6 Å². The summed E-state index contributed by atoms with van der Waals surface area (Å²) in [6.07, 6.45) is -0.686. The van der Waals surface area contributed by atoms with Crippen molar-refractivity contribution in [1.29, 1.82) is 0 Å². The van der Waals surface area contributed by atoms with Crippen LogP contribution in [0, 0.1) is 20.8 Å². The average Bonchev–Trinajstić information content (AvgIpc) is 2.46. The molecule has 0 saturated heterocycles. The summed E-state index contributed by atoms with van der Waals surface area (Å²) in [6, 6.07) is 16.1. The molecular weight excluding hydrogens is 258 g/mol. The van der Waals surface area contributed by atoms with Crippen molar-refractivity contribution in [1.82, 2.24) is 4.98 Å². The van der Waals surface area contributed by atoms with Crippen LogP contribution in [0.25, 0.3) is 10.9 Å². The molecule has 0 aliphatic rings. The van der Waals surface area contributed by atoms with Crippen LogP contribution >= 0.6 is 0 Å². The molecule has 1 aromatic heterocycles.